The van der Waals surface area contributed by atoms with E-state index in [-0.39, 0.29) is 12.1 Å². The summed E-state index contributed by atoms with van der Waals surface area (Å²) in [5.41, 5.74) is 8.02. The number of nitrogens with one attached hydrogen (secondary N) is 1. The van der Waals surface area contributed by atoms with Crippen LogP contribution in [0.5, 0.6) is 5.75 Å². The van der Waals surface area contributed by atoms with Gasteiger partial charge in [0, 0.05) is 30.2 Å². The molecule has 1 aliphatic carbocycles. The van der Waals surface area contributed by atoms with Gasteiger partial charge in [0.1, 0.15) is 17.1 Å². The number of halogens is 1. The molecule has 8 heteroatoms. The molecule has 0 unspecified atom stereocenters. The Morgan fingerprint density at radius 2 is 1.85 bits per heavy atom. The van der Waals surface area contributed by atoms with Crippen LogP contribution in [0.15, 0.2) is 36.7 Å². The number of nitrogen functional groups attached to an aromatic ring is 1. The van der Waals surface area contributed by atoms with Gasteiger partial charge in [0.25, 0.3) is 0 Å². The largest absolute Gasteiger partial charge is 0.488 e. The summed E-state index contributed by atoms with van der Waals surface area (Å²) in [6, 6.07) is 6.76. The van der Waals surface area contributed by atoms with Crippen LogP contribution in [0.2, 0.25) is 0 Å². The number of nitrogens with zero attached hydrogens (tertiary/aromatic N) is 4. The van der Waals surface area contributed by atoms with Gasteiger partial charge in [-0.3, -0.25) is 4.98 Å². The molecule has 0 spiro atoms. The van der Waals surface area contributed by atoms with Gasteiger partial charge in [-0.1, -0.05) is 0 Å². The van der Waals surface area contributed by atoms with E-state index in [1.54, 1.807) is 30.6 Å². The summed E-state index contributed by atoms with van der Waals surface area (Å²) < 4.78 is 19.0. The highest BCUT2D eigenvalue weighted by Crippen LogP contribution is 2.30. The molecule has 0 atom stereocenters. The SMILES string of the molecule is Nc1cc(OC2CCC(Nc3ccc(F)nn3)CC2)c2nccnc2c1. The molecule has 2 aromatic heterocycles. The Kier molecular flexibility index (Phi) is 4.47. The van der Waals surface area contributed by atoms with E-state index in [0.29, 0.717) is 17.3 Å². The van der Waals surface area contributed by atoms with Gasteiger partial charge in [0.15, 0.2) is 0 Å². The predicted molar refractivity (Wildman–Crippen MR) is 96.2 cm³/mol. The number of benzene rings is 1. The van der Waals surface area contributed by atoms with Crippen LogP contribution in [-0.2, 0) is 0 Å². The first kappa shape index (κ1) is 16.4. The lowest BCUT2D eigenvalue weighted by atomic mass is 9.93. The van der Waals surface area contributed by atoms with Crippen molar-refractivity contribution < 1.29 is 9.13 Å². The van der Waals surface area contributed by atoms with Crippen molar-refractivity contribution in [3.63, 3.8) is 0 Å². The second kappa shape index (κ2) is 7.07. The predicted octanol–water partition coefficient (Wildman–Crippen LogP) is 2.94. The molecule has 3 aromatic rings. The lowest BCUT2D eigenvalue weighted by molar-refractivity contribution is 0.152. The van der Waals surface area contributed by atoms with E-state index in [2.05, 4.69) is 25.5 Å². The third kappa shape index (κ3) is 3.63. The number of anilines is 2. The highest BCUT2D eigenvalue weighted by Gasteiger charge is 2.23. The molecule has 0 amide bonds. The molecule has 1 fully saturated rings. The van der Waals surface area contributed by atoms with Gasteiger partial charge in [-0.25, -0.2) is 4.98 Å². The number of hydrogen-bond acceptors (Lipinski definition) is 7. The number of ether oxygens (including phenoxy) is 1. The monoisotopic (exact) mass is 354 g/mol. The van der Waals surface area contributed by atoms with Crippen LogP contribution in [0.3, 0.4) is 0 Å². The topological polar surface area (TPSA) is 98.8 Å². The maximum absolute atomic E-state index is 12.8. The first-order chi connectivity index (χ1) is 12.7. The van der Waals surface area contributed by atoms with Gasteiger partial charge < -0.3 is 15.8 Å². The second-order valence-corrected chi connectivity index (χ2v) is 6.42. The molecule has 7 nitrogen and oxygen atoms in total. The number of fused-ring (bicyclic) bond motifs is 1. The molecule has 26 heavy (non-hydrogen) atoms. The van der Waals surface area contributed by atoms with Crippen molar-refractivity contribution >= 4 is 22.5 Å². The molecule has 1 aliphatic rings. The molecule has 1 aromatic carbocycles. The van der Waals surface area contributed by atoms with E-state index < -0.39 is 5.95 Å². The van der Waals surface area contributed by atoms with Crippen LogP contribution in [0.25, 0.3) is 11.0 Å². The molecule has 3 N–H and O–H groups in total. The number of rotatable bonds is 4. The highest BCUT2D eigenvalue weighted by atomic mass is 19.1. The second-order valence-electron chi connectivity index (χ2n) is 6.42. The van der Waals surface area contributed by atoms with Gasteiger partial charge in [-0.15, -0.1) is 10.2 Å². The van der Waals surface area contributed by atoms with Crippen LogP contribution in [0, 0.1) is 5.95 Å². The zero-order chi connectivity index (χ0) is 17.9. The molecule has 0 aliphatic heterocycles. The minimum absolute atomic E-state index is 0.0966. The van der Waals surface area contributed by atoms with Gasteiger partial charge in [-0.2, -0.15) is 4.39 Å². The zero-order valence-electron chi connectivity index (χ0n) is 14.1. The van der Waals surface area contributed by atoms with E-state index in [0.717, 1.165) is 36.7 Å². The summed E-state index contributed by atoms with van der Waals surface area (Å²) in [5, 5.41) is 10.5. The summed E-state index contributed by atoms with van der Waals surface area (Å²) in [7, 11) is 0. The lowest BCUT2D eigenvalue weighted by Crippen LogP contribution is -2.31. The van der Waals surface area contributed by atoms with Crippen LogP contribution in [-0.4, -0.2) is 32.3 Å². The average Bonchev–Trinajstić information content (AvgIpc) is 2.65. The lowest BCUT2D eigenvalue weighted by Gasteiger charge is -2.29. The molecule has 0 bridgehead atoms. The van der Waals surface area contributed by atoms with E-state index in [1.807, 2.05) is 0 Å². The minimum Gasteiger partial charge on any atom is -0.488 e. The molecule has 4 rings (SSSR count). The van der Waals surface area contributed by atoms with E-state index in [9.17, 15) is 4.39 Å². The van der Waals surface area contributed by atoms with Crippen molar-refractivity contribution in [2.45, 2.75) is 37.8 Å². The standard InChI is InChI=1S/C18H19FN6O/c19-16-5-6-17(25-24-16)23-12-1-3-13(4-2-12)26-15-10-11(20)9-14-18(15)22-8-7-21-14/h5-10,12-13H,1-4,20H2,(H,23,25). The summed E-state index contributed by atoms with van der Waals surface area (Å²) in [4.78, 5) is 8.65. The van der Waals surface area contributed by atoms with E-state index in [4.69, 9.17) is 10.5 Å². The Morgan fingerprint density at radius 3 is 2.62 bits per heavy atom. The Balaban J connectivity index is 1.39. The summed E-state index contributed by atoms with van der Waals surface area (Å²) in [6.07, 6.45) is 7.02. The Hall–Kier alpha value is -3.03. The maximum atomic E-state index is 12.8. The van der Waals surface area contributed by atoms with Crippen LogP contribution in [0.4, 0.5) is 15.9 Å². The highest BCUT2D eigenvalue weighted by molar-refractivity contribution is 5.84. The fraction of sp³-hybridized carbons (Fsp3) is 0.333. The molecular weight excluding hydrogens is 335 g/mol. The molecule has 2 heterocycles. The summed E-state index contributed by atoms with van der Waals surface area (Å²) in [5.74, 6) is 0.687. The Bertz CT molecular complexity index is 896. The Labute approximate surface area is 149 Å². The van der Waals surface area contributed by atoms with E-state index >= 15 is 0 Å². The number of aromatic nitrogens is 4. The quantitative estimate of drug-likeness (QED) is 0.695. The average molecular weight is 354 g/mol. The molecule has 1 saturated carbocycles. The van der Waals surface area contributed by atoms with E-state index in [1.165, 1.54) is 6.07 Å². The van der Waals surface area contributed by atoms with Gasteiger partial charge in [0.2, 0.25) is 5.95 Å². The smallest absolute Gasteiger partial charge is 0.233 e. The van der Waals surface area contributed by atoms with Crippen LogP contribution >= 0.6 is 0 Å². The number of nitrogens with two attached hydrogens (primary N) is 1. The minimum atomic E-state index is -0.579. The summed E-state index contributed by atoms with van der Waals surface area (Å²) >= 11 is 0. The number of hydrogen-bond donors (Lipinski definition) is 2. The molecular formula is C18H19FN6O. The van der Waals surface area contributed by atoms with Crippen molar-refractivity contribution in [3.8, 4) is 5.75 Å². The third-order valence-electron chi connectivity index (χ3n) is 4.51. The Morgan fingerprint density at radius 1 is 1.04 bits per heavy atom. The fourth-order valence-electron chi connectivity index (χ4n) is 3.26. The third-order valence-corrected chi connectivity index (χ3v) is 4.51. The van der Waals surface area contributed by atoms with Crippen molar-refractivity contribution in [1.82, 2.24) is 20.2 Å². The maximum Gasteiger partial charge on any atom is 0.233 e. The van der Waals surface area contributed by atoms with Crippen molar-refractivity contribution in [1.29, 1.82) is 0 Å². The molecule has 0 saturated heterocycles. The first-order valence-electron chi connectivity index (χ1n) is 8.60. The zero-order valence-corrected chi connectivity index (χ0v) is 14.1. The van der Waals surface area contributed by atoms with Gasteiger partial charge in [0.05, 0.1) is 11.6 Å². The molecule has 0 radical (unpaired) electrons. The van der Waals surface area contributed by atoms with Gasteiger partial charge >= 0.3 is 0 Å². The van der Waals surface area contributed by atoms with Gasteiger partial charge in [-0.05, 0) is 43.9 Å². The van der Waals surface area contributed by atoms with Crippen LogP contribution in [0.1, 0.15) is 25.7 Å². The normalized spacial score (nSPS) is 20.0. The van der Waals surface area contributed by atoms with Crippen molar-refractivity contribution in [2.24, 2.45) is 0 Å². The first-order valence-corrected chi connectivity index (χ1v) is 8.60. The summed E-state index contributed by atoms with van der Waals surface area (Å²) in [6.45, 7) is 0. The fourth-order valence-corrected chi connectivity index (χ4v) is 3.26. The van der Waals surface area contributed by atoms with Crippen LogP contribution < -0.4 is 15.8 Å². The van der Waals surface area contributed by atoms with Crippen molar-refractivity contribution in [2.75, 3.05) is 11.1 Å². The van der Waals surface area contributed by atoms with Crippen molar-refractivity contribution in [3.05, 3.63) is 42.6 Å². The molecule has 134 valence electrons.